The topological polar surface area (TPSA) is 57.5 Å². The summed E-state index contributed by atoms with van der Waals surface area (Å²) in [5.41, 5.74) is 0. The Hall–Kier alpha value is 1.31. The Morgan fingerprint density at radius 3 is 0.895 bits per heavy atom. The van der Waals surface area contributed by atoms with E-state index in [-0.39, 0.29) is 0 Å². The first-order valence-electron chi connectivity index (χ1n) is 16.7. The molecule has 0 radical (unpaired) electrons. The predicted molar refractivity (Wildman–Crippen MR) is 185 cm³/mol. The van der Waals surface area contributed by atoms with Crippen molar-refractivity contribution in [2.75, 3.05) is 20.0 Å². The van der Waals surface area contributed by atoms with E-state index in [0.717, 1.165) is 25.7 Å². The SMILES string of the molecule is CCCCCCCCCCCCCCC(CCCCCCCCCCCCCC)(P(=O)(O)O)P(C)(C)(C)I. The van der Waals surface area contributed by atoms with Crippen molar-refractivity contribution in [2.45, 2.75) is 186 Å². The van der Waals surface area contributed by atoms with E-state index >= 15 is 0 Å². The molecule has 0 rings (SSSR count). The van der Waals surface area contributed by atoms with Gasteiger partial charge >= 0.3 is 214 Å². The van der Waals surface area contributed by atoms with E-state index < -0.39 is 16.7 Å². The summed E-state index contributed by atoms with van der Waals surface area (Å²) in [7, 11) is -4.21. The van der Waals surface area contributed by atoms with Crippen molar-refractivity contribution < 1.29 is 14.4 Å². The first kappa shape index (κ1) is 39.3. The van der Waals surface area contributed by atoms with E-state index in [1.165, 1.54) is 128 Å². The molecule has 3 nitrogen and oxygen atoms in total. The molecule has 0 fully saturated rings. The van der Waals surface area contributed by atoms with Gasteiger partial charge in [0.2, 0.25) is 0 Å². The minimum atomic E-state index is -4.21. The molecule has 0 bridgehead atoms. The van der Waals surface area contributed by atoms with Crippen LogP contribution in [-0.4, -0.2) is 34.7 Å². The zero-order valence-electron chi connectivity index (χ0n) is 26.5. The van der Waals surface area contributed by atoms with Crippen molar-refractivity contribution >= 4 is 33.9 Å². The zero-order valence-corrected chi connectivity index (χ0v) is 30.4. The fourth-order valence-electron chi connectivity index (χ4n) is 6.11. The van der Waals surface area contributed by atoms with Gasteiger partial charge < -0.3 is 0 Å². The van der Waals surface area contributed by atoms with E-state index in [0.29, 0.717) is 12.8 Å². The summed E-state index contributed by atoms with van der Waals surface area (Å²) < 4.78 is 10.5. The third-order valence-electron chi connectivity index (χ3n) is 8.81. The van der Waals surface area contributed by atoms with Crippen molar-refractivity contribution in [1.29, 1.82) is 0 Å². The molecule has 0 saturated carbocycles. The second kappa shape index (κ2) is 21.9. The minimum absolute atomic E-state index is 0.691. The predicted octanol–water partition coefficient (Wildman–Crippen LogP) is 12.8. The van der Waals surface area contributed by atoms with Crippen LogP contribution in [0.5, 0.6) is 0 Å². The van der Waals surface area contributed by atoms with Crippen LogP contribution < -0.4 is 0 Å². The van der Waals surface area contributed by atoms with Crippen molar-refractivity contribution in [3.05, 3.63) is 0 Å². The van der Waals surface area contributed by atoms with Gasteiger partial charge in [0.15, 0.2) is 0 Å². The quantitative estimate of drug-likeness (QED) is 0.0488. The Balaban J connectivity index is 4.40. The van der Waals surface area contributed by atoms with Gasteiger partial charge in [0.1, 0.15) is 0 Å². The summed E-state index contributed by atoms with van der Waals surface area (Å²) in [6, 6.07) is 0. The fraction of sp³-hybridized carbons (Fsp3) is 1.00. The Morgan fingerprint density at radius 2 is 0.711 bits per heavy atom. The van der Waals surface area contributed by atoms with Gasteiger partial charge in [0, 0.05) is 0 Å². The van der Waals surface area contributed by atoms with Crippen LogP contribution in [0.15, 0.2) is 0 Å². The standard InChI is InChI=1S/C32H69IO3P2/c1-6-8-10-12-14-16-18-20-22-24-26-28-30-32(37(34,35)36,38(3,4,5)33)31-29-27-25-23-21-19-17-15-13-11-9-7-2/h6-31H2,1-5H3,(H2,34,35,36). The summed E-state index contributed by atoms with van der Waals surface area (Å²) in [5.74, 6) is 0. The van der Waals surface area contributed by atoms with Crippen LogP contribution in [0.1, 0.15) is 181 Å². The number of hydrogen-bond donors (Lipinski definition) is 2. The van der Waals surface area contributed by atoms with Crippen LogP contribution in [0.2, 0.25) is 0 Å². The molecule has 0 aromatic carbocycles. The molecule has 0 amide bonds. The molecule has 0 heterocycles. The first-order valence-corrected chi connectivity index (χ1v) is 24.6. The fourth-order valence-corrected chi connectivity index (χ4v) is 16.3. The average Bonchev–Trinajstić information content (AvgIpc) is 2.82. The second-order valence-corrected chi connectivity index (χ2v) is 31.9. The monoisotopic (exact) mass is 690 g/mol. The van der Waals surface area contributed by atoms with E-state index in [2.05, 4.69) is 55.9 Å². The van der Waals surface area contributed by atoms with Gasteiger partial charge in [-0.3, -0.25) is 0 Å². The van der Waals surface area contributed by atoms with Gasteiger partial charge in [0.25, 0.3) is 0 Å². The normalized spacial score (nSPS) is 14.1. The summed E-state index contributed by atoms with van der Waals surface area (Å²) in [4.78, 5) is 20.6. The first-order chi connectivity index (χ1) is 17.9. The van der Waals surface area contributed by atoms with E-state index in [1.807, 2.05) is 0 Å². The maximum absolute atomic E-state index is 13.1. The van der Waals surface area contributed by atoms with Gasteiger partial charge in [0.05, 0.1) is 0 Å². The molecule has 0 atom stereocenters. The summed E-state index contributed by atoms with van der Waals surface area (Å²) in [5, 5.41) is 0. The molecular weight excluding hydrogens is 621 g/mol. The molecule has 0 aromatic rings. The number of hydrogen-bond acceptors (Lipinski definition) is 1. The Morgan fingerprint density at radius 1 is 0.500 bits per heavy atom. The van der Waals surface area contributed by atoms with Crippen LogP contribution in [0.3, 0.4) is 0 Å². The molecule has 232 valence electrons. The van der Waals surface area contributed by atoms with E-state index in [1.54, 1.807) is 0 Å². The van der Waals surface area contributed by atoms with Crippen molar-refractivity contribution in [2.24, 2.45) is 0 Å². The van der Waals surface area contributed by atoms with Crippen LogP contribution in [0.4, 0.5) is 0 Å². The molecule has 38 heavy (non-hydrogen) atoms. The van der Waals surface area contributed by atoms with Crippen LogP contribution in [-0.2, 0) is 4.57 Å². The van der Waals surface area contributed by atoms with Crippen molar-refractivity contribution in [3.63, 3.8) is 0 Å². The number of rotatable bonds is 28. The second-order valence-electron chi connectivity index (χ2n) is 13.4. The van der Waals surface area contributed by atoms with Gasteiger partial charge in [-0.05, 0) is 0 Å². The van der Waals surface area contributed by atoms with Crippen LogP contribution in [0.25, 0.3) is 0 Å². The molecular formula is C32H69IO3P2. The van der Waals surface area contributed by atoms with Crippen molar-refractivity contribution in [3.8, 4) is 0 Å². The van der Waals surface area contributed by atoms with Crippen LogP contribution in [0, 0.1) is 0 Å². The molecule has 0 spiro atoms. The number of halogens is 1. The molecule has 0 aliphatic carbocycles. The Kier molecular flexibility index (Phi) is 22.7. The average molecular weight is 691 g/mol. The van der Waals surface area contributed by atoms with E-state index in [9.17, 15) is 14.4 Å². The van der Waals surface area contributed by atoms with Crippen molar-refractivity contribution in [1.82, 2.24) is 0 Å². The van der Waals surface area contributed by atoms with E-state index in [4.69, 9.17) is 0 Å². The van der Waals surface area contributed by atoms with Gasteiger partial charge in [-0.2, -0.15) is 0 Å². The molecule has 0 aliphatic heterocycles. The summed E-state index contributed by atoms with van der Waals surface area (Å²) in [6.07, 6.45) is 32.3. The Bertz CT molecular complexity index is 560. The number of unbranched alkanes of at least 4 members (excludes halogenated alkanes) is 22. The third-order valence-corrected chi connectivity index (χ3v) is 20.4. The van der Waals surface area contributed by atoms with Gasteiger partial charge in [-0.25, -0.2) is 0 Å². The summed E-state index contributed by atoms with van der Waals surface area (Å²) in [6.45, 7) is 11.1. The van der Waals surface area contributed by atoms with Gasteiger partial charge in [-0.1, -0.05) is 39.5 Å². The molecule has 0 aliphatic rings. The molecule has 0 aromatic heterocycles. The Labute approximate surface area is 252 Å². The van der Waals surface area contributed by atoms with Crippen LogP contribution >= 0.6 is 33.9 Å². The maximum atomic E-state index is 13.1. The van der Waals surface area contributed by atoms with Gasteiger partial charge in [-0.15, -0.1) is 0 Å². The summed E-state index contributed by atoms with van der Waals surface area (Å²) >= 11 is 2.48. The zero-order chi connectivity index (χ0) is 28.8. The molecule has 0 unspecified atom stereocenters. The molecule has 0 saturated heterocycles. The molecule has 2 N–H and O–H groups in total. The third kappa shape index (κ3) is 18.0. The molecule has 6 heteroatoms.